The molecule has 1 N–H and O–H groups in total. The summed E-state index contributed by atoms with van der Waals surface area (Å²) in [6.45, 7) is 0. The molecule has 0 aromatic heterocycles. The van der Waals surface area contributed by atoms with E-state index in [1.807, 2.05) is 0 Å². The second-order valence-electron chi connectivity index (χ2n) is 3.18. The van der Waals surface area contributed by atoms with E-state index in [9.17, 15) is 5.11 Å². The van der Waals surface area contributed by atoms with Gasteiger partial charge in [0.2, 0.25) is 0 Å². The zero-order valence-electron chi connectivity index (χ0n) is 5.70. The Hall–Kier alpha value is 0.180. The lowest BCUT2D eigenvalue weighted by Crippen LogP contribution is -2.52. The summed E-state index contributed by atoms with van der Waals surface area (Å²) in [5, 5.41) is 9.43. The number of aliphatic hydroxyl groups is 1. The number of aliphatic hydroxyl groups excluding tert-OH is 1. The Bertz CT molecular complexity index is 167. The minimum absolute atomic E-state index is 0.0880. The van der Waals surface area contributed by atoms with Crippen LogP contribution in [0.25, 0.3) is 0 Å². The normalized spacial score (nSPS) is 51.8. The molecule has 1 unspecified atom stereocenters. The van der Waals surface area contributed by atoms with Gasteiger partial charge in [0.05, 0.1) is 6.10 Å². The fraction of sp³-hybridized carbons (Fsp3) is 0.750. The van der Waals surface area contributed by atoms with Crippen LogP contribution in [-0.4, -0.2) is 16.0 Å². The van der Waals surface area contributed by atoms with E-state index < -0.39 is 0 Å². The van der Waals surface area contributed by atoms with E-state index >= 15 is 0 Å². The van der Waals surface area contributed by atoms with E-state index in [0.717, 1.165) is 6.42 Å². The summed E-state index contributed by atoms with van der Waals surface area (Å²) in [5.41, 5.74) is 0. The minimum atomic E-state index is -0.0880. The lowest BCUT2D eigenvalue weighted by atomic mass is 9.66. The molecule has 0 aromatic carbocycles. The van der Waals surface area contributed by atoms with E-state index in [2.05, 4.69) is 28.1 Å². The standard InChI is InChI=1S/C8H11BrO/c9-7-5-3-1-2-4-6(5)8(7)10/h1,3,5-8,10H,2,4H2/t5-,6+,7?,8+/m1/s1. The lowest BCUT2D eigenvalue weighted by Gasteiger charge is -2.47. The number of alkyl halides is 1. The van der Waals surface area contributed by atoms with Crippen LogP contribution >= 0.6 is 15.9 Å². The average Bonchev–Trinajstić information content (AvgIpc) is 2.03. The highest BCUT2D eigenvalue weighted by atomic mass is 79.9. The molecule has 1 nitrogen and oxygen atoms in total. The highest BCUT2D eigenvalue weighted by Gasteiger charge is 2.46. The quantitative estimate of drug-likeness (QED) is 0.469. The molecule has 0 bridgehead atoms. The molecule has 2 rings (SSSR count). The van der Waals surface area contributed by atoms with Gasteiger partial charge in [-0.05, 0) is 24.7 Å². The molecule has 0 saturated heterocycles. The molecule has 2 aliphatic carbocycles. The minimum Gasteiger partial charge on any atom is -0.392 e. The van der Waals surface area contributed by atoms with E-state index in [4.69, 9.17) is 0 Å². The first kappa shape index (κ1) is 6.86. The third-order valence-electron chi connectivity index (χ3n) is 2.65. The van der Waals surface area contributed by atoms with Crippen LogP contribution in [0.4, 0.5) is 0 Å². The number of hydrogen-bond acceptors (Lipinski definition) is 1. The lowest BCUT2D eigenvalue weighted by molar-refractivity contribution is -0.00853. The molecular formula is C8H11BrO. The molecule has 0 amide bonds. The van der Waals surface area contributed by atoms with Crippen LogP contribution in [0, 0.1) is 11.8 Å². The van der Waals surface area contributed by atoms with Crippen molar-refractivity contribution in [2.75, 3.05) is 0 Å². The van der Waals surface area contributed by atoms with E-state index in [-0.39, 0.29) is 6.10 Å². The van der Waals surface area contributed by atoms with Crippen LogP contribution in [0.15, 0.2) is 12.2 Å². The summed E-state index contributed by atoms with van der Waals surface area (Å²) < 4.78 is 0. The number of halogens is 1. The highest BCUT2D eigenvalue weighted by Crippen LogP contribution is 2.45. The molecule has 1 saturated carbocycles. The van der Waals surface area contributed by atoms with E-state index in [1.165, 1.54) is 6.42 Å². The number of allylic oxidation sites excluding steroid dienone is 2. The molecule has 56 valence electrons. The van der Waals surface area contributed by atoms with Gasteiger partial charge in [-0.15, -0.1) is 0 Å². The summed E-state index contributed by atoms with van der Waals surface area (Å²) in [7, 11) is 0. The molecule has 0 radical (unpaired) electrons. The first-order chi connectivity index (χ1) is 4.80. The van der Waals surface area contributed by atoms with Gasteiger partial charge in [-0.25, -0.2) is 0 Å². The van der Waals surface area contributed by atoms with Gasteiger partial charge in [0.25, 0.3) is 0 Å². The second kappa shape index (κ2) is 2.35. The summed E-state index contributed by atoms with van der Waals surface area (Å²) >= 11 is 3.47. The van der Waals surface area contributed by atoms with Gasteiger partial charge in [0, 0.05) is 4.83 Å². The SMILES string of the molecule is O[C@@H]1C(Br)[C@@H]2C=CCC[C@H]12. The molecule has 2 heteroatoms. The monoisotopic (exact) mass is 202 g/mol. The van der Waals surface area contributed by atoms with Crippen molar-refractivity contribution >= 4 is 15.9 Å². The summed E-state index contributed by atoms with van der Waals surface area (Å²) in [6.07, 6.45) is 6.69. The van der Waals surface area contributed by atoms with Gasteiger partial charge in [0.15, 0.2) is 0 Å². The van der Waals surface area contributed by atoms with Crippen molar-refractivity contribution in [1.29, 1.82) is 0 Å². The fourth-order valence-corrected chi connectivity index (χ4v) is 2.90. The van der Waals surface area contributed by atoms with Crippen LogP contribution in [0.2, 0.25) is 0 Å². The third-order valence-corrected chi connectivity index (χ3v) is 3.80. The van der Waals surface area contributed by atoms with Crippen LogP contribution in [0.1, 0.15) is 12.8 Å². The zero-order chi connectivity index (χ0) is 7.14. The largest absolute Gasteiger partial charge is 0.392 e. The van der Waals surface area contributed by atoms with Crippen molar-refractivity contribution in [2.24, 2.45) is 11.8 Å². The third kappa shape index (κ3) is 0.785. The maximum atomic E-state index is 9.43. The number of fused-ring (bicyclic) bond motifs is 1. The molecule has 0 aliphatic heterocycles. The molecule has 0 aromatic rings. The van der Waals surface area contributed by atoms with Gasteiger partial charge >= 0.3 is 0 Å². The molecule has 0 spiro atoms. The number of rotatable bonds is 0. The molecule has 4 atom stereocenters. The van der Waals surface area contributed by atoms with Gasteiger partial charge in [-0.2, -0.15) is 0 Å². The molecule has 10 heavy (non-hydrogen) atoms. The van der Waals surface area contributed by atoms with Crippen LogP contribution < -0.4 is 0 Å². The molecule has 0 heterocycles. The summed E-state index contributed by atoms with van der Waals surface area (Å²) in [5.74, 6) is 1.16. The van der Waals surface area contributed by atoms with Crippen molar-refractivity contribution in [2.45, 2.75) is 23.8 Å². The Morgan fingerprint density at radius 3 is 3.00 bits per heavy atom. The maximum absolute atomic E-state index is 9.43. The Morgan fingerprint density at radius 1 is 1.50 bits per heavy atom. The van der Waals surface area contributed by atoms with Crippen LogP contribution in [-0.2, 0) is 0 Å². The molecular weight excluding hydrogens is 192 g/mol. The summed E-state index contributed by atoms with van der Waals surface area (Å²) in [4.78, 5) is 0.328. The predicted molar refractivity (Wildman–Crippen MR) is 44.1 cm³/mol. The van der Waals surface area contributed by atoms with Gasteiger partial charge in [0.1, 0.15) is 0 Å². The Balaban J connectivity index is 2.11. The first-order valence-electron chi connectivity index (χ1n) is 3.79. The van der Waals surface area contributed by atoms with E-state index in [1.54, 1.807) is 0 Å². The Kier molecular flexibility index (Phi) is 1.61. The topological polar surface area (TPSA) is 20.2 Å². The average molecular weight is 203 g/mol. The van der Waals surface area contributed by atoms with Crippen molar-refractivity contribution in [3.05, 3.63) is 12.2 Å². The number of hydrogen-bond donors (Lipinski definition) is 1. The van der Waals surface area contributed by atoms with Crippen LogP contribution in [0.5, 0.6) is 0 Å². The van der Waals surface area contributed by atoms with Gasteiger partial charge < -0.3 is 5.11 Å². The highest BCUT2D eigenvalue weighted by molar-refractivity contribution is 9.09. The molecule has 2 aliphatic rings. The second-order valence-corrected chi connectivity index (χ2v) is 4.24. The summed E-state index contributed by atoms with van der Waals surface area (Å²) in [6, 6.07) is 0. The first-order valence-corrected chi connectivity index (χ1v) is 4.71. The maximum Gasteiger partial charge on any atom is 0.0705 e. The zero-order valence-corrected chi connectivity index (χ0v) is 7.29. The van der Waals surface area contributed by atoms with Crippen molar-refractivity contribution in [1.82, 2.24) is 0 Å². The van der Waals surface area contributed by atoms with Crippen molar-refractivity contribution < 1.29 is 5.11 Å². The van der Waals surface area contributed by atoms with Crippen molar-refractivity contribution in [3.63, 3.8) is 0 Å². The van der Waals surface area contributed by atoms with Crippen LogP contribution in [0.3, 0.4) is 0 Å². The van der Waals surface area contributed by atoms with E-state index in [0.29, 0.717) is 16.7 Å². The fourth-order valence-electron chi connectivity index (χ4n) is 1.94. The van der Waals surface area contributed by atoms with Crippen molar-refractivity contribution in [3.8, 4) is 0 Å². The Labute approximate surface area is 69.3 Å². The Morgan fingerprint density at radius 2 is 2.30 bits per heavy atom. The smallest absolute Gasteiger partial charge is 0.0705 e. The van der Waals surface area contributed by atoms with Gasteiger partial charge in [-0.3, -0.25) is 0 Å². The van der Waals surface area contributed by atoms with Gasteiger partial charge in [-0.1, -0.05) is 28.1 Å². The molecule has 1 fully saturated rings. The predicted octanol–water partition coefficient (Wildman–Crippen LogP) is 1.71.